The highest BCUT2D eigenvalue weighted by molar-refractivity contribution is 6.54. The molecule has 0 fully saturated rings. The number of hydrogen-bond donors (Lipinski definition) is 0. The van der Waals surface area contributed by atoms with Crippen LogP contribution in [0.25, 0.3) is 0 Å². The normalized spacial score (nSPS) is 14.7. The molecule has 1 amide bonds. The van der Waals surface area contributed by atoms with E-state index in [2.05, 4.69) is 9.89 Å². The van der Waals surface area contributed by atoms with Crippen LogP contribution in [0.3, 0.4) is 0 Å². The second-order valence-electron chi connectivity index (χ2n) is 5.44. The van der Waals surface area contributed by atoms with Gasteiger partial charge < -0.3 is 18.9 Å². The predicted octanol–water partition coefficient (Wildman–Crippen LogP) is 2.74. The van der Waals surface area contributed by atoms with Crippen molar-refractivity contribution in [2.24, 2.45) is 5.16 Å². The van der Waals surface area contributed by atoms with E-state index in [9.17, 15) is 9.59 Å². The molecule has 0 bridgehead atoms. The van der Waals surface area contributed by atoms with Crippen LogP contribution in [0.1, 0.15) is 35.2 Å². The number of anilines is 1. The highest BCUT2D eigenvalue weighted by Gasteiger charge is 2.33. The summed E-state index contributed by atoms with van der Waals surface area (Å²) in [7, 11) is 1.28. The minimum atomic E-state index is -0.562. The molecule has 7 nitrogen and oxygen atoms in total. The number of carbonyl (C=O) groups is 2. The molecule has 0 radical (unpaired) electrons. The van der Waals surface area contributed by atoms with Gasteiger partial charge in [-0.3, -0.25) is 4.79 Å². The molecule has 3 rings (SSSR count). The molecule has 1 aliphatic heterocycles. The van der Waals surface area contributed by atoms with Gasteiger partial charge >= 0.3 is 5.97 Å². The van der Waals surface area contributed by atoms with Crippen LogP contribution >= 0.6 is 0 Å². The Hall–Kier alpha value is -3.09. The largest absolute Gasteiger partial charge is 0.463 e. The van der Waals surface area contributed by atoms with E-state index in [1.807, 2.05) is 31.2 Å². The summed E-state index contributed by atoms with van der Waals surface area (Å²) in [5.74, 6) is -0.246. The maximum Gasteiger partial charge on any atom is 0.373 e. The zero-order valence-electron chi connectivity index (χ0n) is 14.0. The van der Waals surface area contributed by atoms with E-state index in [1.54, 1.807) is 11.0 Å². The Labute approximate surface area is 144 Å². The number of furan rings is 1. The van der Waals surface area contributed by atoms with Crippen molar-refractivity contribution in [1.82, 2.24) is 0 Å². The molecule has 0 spiro atoms. The fourth-order valence-electron chi connectivity index (χ4n) is 2.62. The summed E-state index contributed by atoms with van der Waals surface area (Å²) in [6, 6.07) is 10.6. The number of esters is 1. The van der Waals surface area contributed by atoms with Gasteiger partial charge in [0.2, 0.25) is 5.76 Å². The SMILES string of the molecule is CCCN1C(=O)/C(=N\OCc2ccc(C(=O)OC)o2)c2ccccc21. The first-order valence-corrected chi connectivity index (χ1v) is 7.94. The van der Waals surface area contributed by atoms with Crippen LogP contribution in [0.2, 0.25) is 0 Å². The lowest BCUT2D eigenvalue weighted by atomic mass is 10.1. The lowest BCUT2D eigenvalue weighted by Gasteiger charge is -2.14. The number of carbonyl (C=O) groups excluding carboxylic acids is 2. The summed E-state index contributed by atoms with van der Waals surface area (Å²) in [5.41, 5.74) is 1.85. The molecule has 0 unspecified atom stereocenters. The fraction of sp³-hybridized carbons (Fsp3) is 0.278. The zero-order chi connectivity index (χ0) is 17.8. The molecule has 1 aromatic carbocycles. The number of benzene rings is 1. The van der Waals surface area contributed by atoms with Gasteiger partial charge in [0.25, 0.3) is 5.91 Å². The molecule has 0 saturated heterocycles. The quantitative estimate of drug-likeness (QED) is 0.595. The molecule has 1 aliphatic rings. The van der Waals surface area contributed by atoms with Crippen molar-refractivity contribution in [2.45, 2.75) is 20.0 Å². The lowest BCUT2D eigenvalue weighted by Crippen LogP contribution is -2.30. The van der Waals surface area contributed by atoms with Crippen LogP contribution in [0.4, 0.5) is 5.69 Å². The van der Waals surface area contributed by atoms with Crippen LogP contribution in [0, 0.1) is 0 Å². The molecular formula is C18H18N2O5. The van der Waals surface area contributed by atoms with E-state index in [-0.39, 0.29) is 24.0 Å². The Morgan fingerprint density at radius 3 is 2.80 bits per heavy atom. The Bertz CT molecular complexity index is 824. The first kappa shape index (κ1) is 16.8. The third-order valence-corrected chi connectivity index (χ3v) is 3.76. The Morgan fingerprint density at radius 2 is 2.04 bits per heavy atom. The summed E-state index contributed by atoms with van der Waals surface area (Å²) in [6.07, 6.45) is 0.844. The third-order valence-electron chi connectivity index (χ3n) is 3.76. The maximum absolute atomic E-state index is 12.6. The zero-order valence-corrected chi connectivity index (χ0v) is 14.0. The topological polar surface area (TPSA) is 81.3 Å². The van der Waals surface area contributed by atoms with Crippen LogP contribution in [0.5, 0.6) is 0 Å². The van der Waals surface area contributed by atoms with Gasteiger partial charge in [0, 0.05) is 12.1 Å². The summed E-state index contributed by atoms with van der Waals surface area (Å²) < 4.78 is 9.86. The number of fused-ring (bicyclic) bond motifs is 1. The number of oxime groups is 1. The van der Waals surface area contributed by atoms with Crippen LogP contribution < -0.4 is 4.90 Å². The van der Waals surface area contributed by atoms with E-state index in [4.69, 9.17) is 9.25 Å². The van der Waals surface area contributed by atoms with E-state index in [1.165, 1.54) is 13.2 Å². The highest BCUT2D eigenvalue weighted by atomic mass is 16.6. The minimum Gasteiger partial charge on any atom is -0.463 e. The van der Waals surface area contributed by atoms with Gasteiger partial charge in [0.05, 0.1) is 12.8 Å². The summed E-state index contributed by atoms with van der Waals surface area (Å²) in [6.45, 7) is 2.64. The van der Waals surface area contributed by atoms with Gasteiger partial charge in [-0.25, -0.2) is 4.79 Å². The lowest BCUT2D eigenvalue weighted by molar-refractivity contribution is -0.112. The van der Waals surface area contributed by atoms with Gasteiger partial charge in [0.15, 0.2) is 12.3 Å². The van der Waals surface area contributed by atoms with Gasteiger partial charge in [-0.15, -0.1) is 0 Å². The smallest absolute Gasteiger partial charge is 0.373 e. The molecule has 2 heterocycles. The van der Waals surface area contributed by atoms with Gasteiger partial charge in [-0.1, -0.05) is 30.3 Å². The van der Waals surface area contributed by atoms with Crippen molar-refractivity contribution in [3.05, 3.63) is 53.5 Å². The average molecular weight is 342 g/mol. The first-order chi connectivity index (χ1) is 12.2. The fourth-order valence-corrected chi connectivity index (χ4v) is 2.62. The number of para-hydroxylation sites is 1. The highest BCUT2D eigenvalue weighted by Crippen LogP contribution is 2.29. The molecule has 0 atom stereocenters. The number of rotatable bonds is 6. The van der Waals surface area contributed by atoms with E-state index >= 15 is 0 Å². The van der Waals surface area contributed by atoms with Crippen LogP contribution in [-0.4, -0.2) is 31.2 Å². The van der Waals surface area contributed by atoms with Crippen molar-refractivity contribution < 1.29 is 23.6 Å². The predicted molar refractivity (Wildman–Crippen MR) is 90.5 cm³/mol. The number of nitrogens with zero attached hydrogens (tertiary/aromatic N) is 2. The molecule has 0 N–H and O–H groups in total. The van der Waals surface area contributed by atoms with Crippen LogP contribution in [0.15, 0.2) is 46.0 Å². The van der Waals surface area contributed by atoms with Gasteiger partial charge in [0.1, 0.15) is 5.76 Å². The molecular weight excluding hydrogens is 324 g/mol. The van der Waals surface area contributed by atoms with E-state index in [0.29, 0.717) is 12.3 Å². The Kier molecular flexibility index (Phi) is 4.83. The van der Waals surface area contributed by atoms with Crippen molar-refractivity contribution in [1.29, 1.82) is 0 Å². The van der Waals surface area contributed by atoms with Crippen molar-refractivity contribution in [2.75, 3.05) is 18.6 Å². The first-order valence-electron chi connectivity index (χ1n) is 7.94. The van der Waals surface area contributed by atoms with Gasteiger partial charge in [-0.05, 0) is 24.6 Å². The number of amides is 1. The number of hydrogen-bond acceptors (Lipinski definition) is 6. The molecule has 0 aliphatic carbocycles. The summed E-state index contributed by atoms with van der Waals surface area (Å²) >= 11 is 0. The summed E-state index contributed by atoms with van der Waals surface area (Å²) in [4.78, 5) is 30.9. The number of ether oxygens (including phenoxy) is 1. The second-order valence-corrected chi connectivity index (χ2v) is 5.44. The third kappa shape index (κ3) is 3.26. The Morgan fingerprint density at radius 1 is 1.24 bits per heavy atom. The molecule has 130 valence electrons. The van der Waals surface area contributed by atoms with Crippen molar-refractivity contribution in [3.8, 4) is 0 Å². The number of methoxy groups -OCH3 is 1. The minimum absolute atomic E-state index is 0.00369. The van der Waals surface area contributed by atoms with Crippen molar-refractivity contribution in [3.63, 3.8) is 0 Å². The molecule has 1 aromatic heterocycles. The van der Waals surface area contributed by atoms with Crippen molar-refractivity contribution >= 4 is 23.3 Å². The molecule has 2 aromatic rings. The average Bonchev–Trinajstić information content (AvgIpc) is 3.20. The molecule has 25 heavy (non-hydrogen) atoms. The molecule has 0 saturated carbocycles. The molecule has 7 heteroatoms. The van der Waals surface area contributed by atoms with E-state index in [0.717, 1.165) is 17.7 Å². The Balaban J connectivity index is 1.74. The van der Waals surface area contributed by atoms with Crippen LogP contribution in [-0.2, 0) is 21.0 Å². The maximum atomic E-state index is 12.6. The van der Waals surface area contributed by atoms with E-state index < -0.39 is 5.97 Å². The second kappa shape index (κ2) is 7.21. The van der Waals surface area contributed by atoms with Gasteiger partial charge in [-0.2, -0.15) is 0 Å². The summed E-state index contributed by atoms with van der Waals surface area (Å²) in [5, 5.41) is 4.00. The monoisotopic (exact) mass is 342 g/mol. The standard InChI is InChI=1S/C18H18N2O5/c1-3-10-20-14-7-5-4-6-13(14)16(17(20)21)19-24-11-12-8-9-15(25-12)18(22)23-2/h4-9H,3,10-11H2,1-2H3/b19-16-.